The lowest BCUT2D eigenvalue weighted by atomic mass is 10.1. The smallest absolute Gasteiger partial charge is 0.234 e. The first kappa shape index (κ1) is 15.2. The number of aromatic nitrogens is 1. The van der Waals surface area contributed by atoms with Crippen molar-refractivity contribution in [3.05, 3.63) is 54.2 Å². The molecule has 1 amide bonds. The van der Waals surface area contributed by atoms with Crippen LogP contribution in [0.3, 0.4) is 0 Å². The predicted molar refractivity (Wildman–Crippen MR) is 83.4 cm³/mol. The third-order valence-corrected chi connectivity index (χ3v) is 3.61. The summed E-state index contributed by atoms with van der Waals surface area (Å²) in [4.78, 5) is 27.3. The highest BCUT2D eigenvalue weighted by molar-refractivity contribution is 7.99. The Morgan fingerprint density at radius 1 is 1.14 bits per heavy atom. The van der Waals surface area contributed by atoms with Crippen LogP contribution in [0.15, 0.2) is 53.7 Å². The summed E-state index contributed by atoms with van der Waals surface area (Å²) in [5.74, 6) is 0.0302. The first-order valence-corrected chi connectivity index (χ1v) is 7.34. The molecule has 0 bridgehead atoms. The van der Waals surface area contributed by atoms with E-state index in [2.05, 4.69) is 10.3 Å². The van der Waals surface area contributed by atoms with E-state index < -0.39 is 0 Å². The van der Waals surface area contributed by atoms with Crippen molar-refractivity contribution in [1.82, 2.24) is 4.98 Å². The van der Waals surface area contributed by atoms with Gasteiger partial charge in [-0.15, -0.1) is 0 Å². The van der Waals surface area contributed by atoms with Crippen LogP contribution in [-0.2, 0) is 4.79 Å². The number of anilines is 1. The molecule has 6 heteroatoms. The van der Waals surface area contributed by atoms with Crippen LogP contribution in [-0.4, -0.2) is 29.0 Å². The number of carbonyl (C=O) groups is 2. The van der Waals surface area contributed by atoms with Gasteiger partial charge in [-0.05, 0) is 36.4 Å². The molecule has 2 rings (SSSR count). The van der Waals surface area contributed by atoms with E-state index in [-0.39, 0.29) is 24.0 Å². The number of pyridine rings is 1. The molecule has 0 radical (unpaired) electrons. The van der Waals surface area contributed by atoms with Crippen molar-refractivity contribution >= 4 is 29.1 Å². The zero-order chi connectivity index (χ0) is 15.1. The average molecular weight is 301 g/mol. The molecule has 3 N–H and O–H groups in total. The van der Waals surface area contributed by atoms with Gasteiger partial charge in [0.15, 0.2) is 5.78 Å². The molecule has 0 aliphatic carbocycles. The molecule has 0 saturated carbocycles. The van der Waals surface area contributed by atoms with Crippen molar-refractivity contribution in [2.45, 2.75) is 5.03 Å². The second-order valence-corrected chi connectivity index (χ2v) is 5.21. The first-order chi connectivity index (χ1) is 10.2. The maximum atomic E-state index is 11.8. The van der Waals surface area contributed by atoms with Gasteiger partial charge in [-0.2, -0.15) is 0 Å². The number of thioether (sulfide) groups is 1. The summed E-state index contributed by atoms with van der Waals surface area (Å²) < 4.78 is 0. The number of carbonyl (C=O) groups excluding carboxylic acids is 2. The summed E-state index contributed by atoms with van der Waals surface area (Å²) in [6.07, 6.45) is 1.69. The molecule has 2 aromatic rings. The molecule has 0 aliphatic rings. The van der Waals surface area contributed by atoms with Crippen LogP contribution in [0.25, 0.3) is 0 Å². The van der Waals surface area contributed by atoms with Crippen molar-refractivity contribution in [2.75, 3.05) is 17.6 Å². The number of nitrogens with two attached hydrogens (primary N) is 1. The average Bonchev–Trinajstić information content (AvgIpc) is 2.54. The molecule has 1 aromatic carbocycles. The minimum Gasteiger partial charge on any atom is -0.325 e. The normalized spacial score (nSPS) is 10.1. The van der Waals surface area contributed by atoms with E-state index in [0.29, 0.717) is 11.3 Å². The molecule has 0 fully saturated rings. The van der Waals surface area contributed by atoms with E-state index in [1.54, 1.807) is 30.5 Å². The number of rotatable bonds is 6. The van der Waals surface area contributed by atoms with Crippen molar-refractivity contribution < 1.29 is 9.59 Å². The third kappa shape index (κ3) is 4.70. The maximum absolute atomic E-state index is 11.8. The van der Waals surface area contributed by atoms with Crippen molar-refractivity contribution in [2.24, 2.45) is 5.73 Å². The summed E-state index contributed by atoms with van der Waals surface area (Å²) >= 11 is 1.37. The van der Waals surface area contributed by atoms with Gasteiger partial charge in [0.05, 0.1) is 17.3 Å². The molecular formula is C15H15N3O2S. The van der Waals surface area contributed by atoms with E-state index in [1.807, 2.05) is 18.2 Å². The summed E-state index contributed by atoms with van der Waals surface area (Å²) in [6.45, 7) is -0.0214. The van der Waals surface area contributed by atoms with Crippen LogP contribution >= 0.6 is 11.8 Å². The van der Waals surface area contributed by atoms with Crippen LogP contribution in [0.2, 0.25) is 0 Å². The second-order valence-electron chi connectivity index (χ2n) is 4.21. The van der Waals surface area contributed by atoms with Gasteiger partial charge in [-0.25, -0.2) is 4.98 Å². The lowest BCUT2D eigenvalue weighted by molar-refractivity contribution is -0.113. The van der Waals surface area contributed by atoms with Gasteiger partial charge < -0.3 is 11.1 Å². The minimum absolute atomic E-state index is 0.0214. The monoisotopic (exact) mass is 301 g/mol. The molecule has 5 nitrogen and oxygen atoms in total. The van der Waals surface area contributed by atoms with Gasteiger partial charge >= 0.3 is 0 Å². The van der Waals surface area contributed by atoms with E-state index in [4.69, 9.17) is 5.73 Å². The highest BCUT2D eigenvalue weighted by Crippen LogP contribution is 2.15. The van der Waals surface area contributed by atoms with Crippen molar-refractivity contribution in [1.29, 1.82) is 0 Å². The lowest BCUT2D eigenvalue weighted by Gasteiger charge is -2.05. The number of hydrogen-bond acceptors (Lipinski definition) is 5. The van der Waals surface area contributed by atoms with E-state index in [0.717, 1.165) is 5.03 Å². The van der Waals surface area contributed by atoms with Crippen LogP contribution in [0.5, 0.6) is 0 Å². The molecule has 0 unspecified atom stereocenters. The number of ketones is 1. The standard InChI is InChI=1S/C15H15N3O2S/c16-9-13(19)11-4-6-12(7-5-11)18-14(20)10-21-15-3-1-2-8-17-15/h1-8H,9-10,16H2,(H,18,20). The Hall–Kier alpha value is -2.18. The van der Waals surface area contributed by atoms with Crippen molar-refractivity contribution in [3.63, 3.8) is 0 Å². The Morgan fingerprint density at radius 2 is 1.90 bits per heavy atom. The van der Waals surface area contributed by atoms with Crippen LogP contribution in [0.1, 0.15) is 10.4 Å². The number of hydrogen-bond donors (Lipinski definition) is 2. The van der Waals surface area contributed by atoms with E-state index >= 15 is 0 Å². The highest BCUT2D eigenvalue weighted by atomic mass is 32.2. The Kier molecular flexibility index (Phi) is 5.48. The molecule has 108 valence electrons. The Bertz CT molecular complexity index is 615. The first-order valence-electron chi connectivity index (χ1n) is 6.36. The number of nitrogens with zero attached hydrogens (tertiary/aromatic N) is 1. The van der Waals surface area contributed by atoms with Gasteiger partial charge in [0.25, 0.3) is 0 Å². The highest BCUT2D eigenvalue weighted by Gasteiger charge is 2.06. The van der Waals surface area contributed by atoms with Gasteiger partial charge in [0.2, 0.25) is 5.91 Å². The van der Waals surface area contributed by atoms with Crippen LogP contribution in [0, 0.1) is 0 Å². The topological polar surface area (TPSA) is 85.1 Å². The number of benzene rings is 1. The van der Waals surface area contributed by atoms with Gasteiger partial charge in [0, 0.05) is 17.4 Å². The van der Waals surface area contributed by atoms with Gasteiger partial charge in [-0.1, -0.05) is 17.8 Å². The number of nitrogens with one attached hydrogen (secondary N) is 1. The molecule has 0 spiro atoms. The molecule has 21 heavy (non-hydrogen) atoms. The second kappa shape index (κ2) is 7.56. The fraction of sp³-hybridized carbons (Fsp3) is 0.133. The van der Waals surface area contributed by atoms with Crippen molar-refractivity contribution in [3.8, 4) is 0 Å². The van der Waals surface area contributed by atoms with E-state index in [1.165, 1.54) is 11.8 Å². The third-order valence-electron chi connectivity index (χ3n) is 2.66. The molecule has 0 atom stereocenters. The molecule has 1 heterocycles. The van der Waals surface area contributed by atoms with Gasteiger partial charge in [0.1, 0.15) is 0 Å². The van der Waals surface area contributed by atoms with E-state index in [9.17, 15) is 9.59 Å². The summed E-state index contributed by atoms with van der Waals surface area (Å²) in [5, 5.41) is 3.57. The fourth-order valence-corrected chi connectivity index (χ4v) is 2.29. The SMILES string of the molecule is NCC(=O)c1ccc(NC(=O)CSc2ccccn2)cc1. The minimum atomic E-state index is -0.126. The number of Topliss-reactive ketones (excluding diaryl/α,β-unsaturated/α-hetero) is 1. The molecular weight excluding hydrogens is 286 g/mol. The summed E-state index contributed by atoms with van der Waals surface area (Å²) in [6, 6.07) is 12.2. The molecule has 1 aromatic heterocycles. The zero-order valence-corrected chi connectivity index (χ0v) is 12.1. The lowest BCUT2D eigenvalue weighted by Crippen LogP contribution is -2.15. The zero-order valence-electron chi connectivity index (χ0n) is 11.3. The number of amides is 1. The summed E-state index contributed by atoms with van der Waals surface area (Å²) in [7, 11) is 0. The Morgan fingerprint density at radius 3 is 2.52 bits per heavy atom. The molecule has 0 aliphatic heterocycles. The quantitative estimate of drug-likeness (QED) is 0.629. The maximum Gasteiger partial charge on any atom is 0.234 e. The Balaban J connectivity index is 1.86. The summed E-state index contributed by atoms with van der Waals surface area (Å²) in [5.41, 5.74) is 6.48. The van der Waals surface area contributed by atoms with Crippen LogP contribution < -0.4 is 11.1 Å². The van der Waals surface area contributed by atoms with Gasteiger partial charge in [-0.3, -0.25) is 9.59 Å². The van der Waals surface area contributed by atoms with Crippen LogP contribution in [0.4, 0.5) is 5.69 Å². The predicted octanol–water partition coefficient (Wildman–Crippen LogP) is 1.95. The molecule has 0 saturated heterocycles. The Labute approximate surface area is 127 Å². The largest absolute Gasteiger partial charge is 0.325 e. The fourth-order valence-electron chi connectivity index (χ4n) is 1.63.